The molecule has 2 aliphatic carbocycles. The van der Waals surface area contributed by atoms with Gasteiger partial charge in [0.2, 0.25) is 0 Å². The standard InChI is InChI=1S/C23H25NO/c1-25-20-15-13-19(14-16-20)24-22-12-6-10-18-9-5-11-21(23(18)22)17-7-3-2-4-8-17/h5,7,9,11,13-16H,2-4,6,8,10,12H2,1H3. The molecule has 0 atom stereocenters. The Morgan fingerprint density at radius 2 is 1.76 bits per heavy atom. The van der Waals surface area contributed by atoms with E-state index in [4.69, 9.17) is 9.73 Å². The van der Waals surface area contributed by atoms with E-state index in [0.29, 0.717) is 0 Å². The minimum atomic E-state index is 0.876. The van der Waals surface area contributed by atoms with Crippen molar-refractivity contribution in [2.45, 2.75) is 44.9 Å². The van der Waals surface area contributed by atoms with Crippen LogP contribution >= 0.6 is 0 Å². The Labute approximate surface area is 150 Å². The number of hydrogen-bond acceptors (Lipinski definition) is 2. The lowest BCUT2D eigenvalue weighted by molar-refractivity contribution is 0.415. The third-order valence-corrected chi connectivity index (χ3v) is 5.27. The average molecular weight is 331 g/mol. The predicted octanol–water partition coefficient (Wildman–Crippen LogP) is 6.11. The molecule has 0 aliphatic heterocycles. The summed E-state index contributed by atoms with van der Waals surface area (Å²) < 4.78 is 5.26. The third kappa shape index (κ3) is 3.39. The van der Waals surface area contributed by atoms with E-state index in [-0.39, 0.29) is 0 Å². The van der Waals surface area contributed by atoms with Crippen molar-refractivity contribution in [2.24, 2.45) is 4.99 Å². The summed E-state index contributed by atoms with van der Waals surface area (Å²) in [6.45, 7) is 0. The van der Waals surface area contributed by atoms with Gasteiger partial charge in [-0.25, -0.2) is 0 Å². The molecule has 4 rings (SSSR count). The summed E-state index contributed by atoms with van der Waals surface area (Å²) in [5.41, 5.74) is 8.06. The predicted molar refractivity (Wildman–Crippen MR) is 105 cm³/mol. The third-order valence-electron chi connectivity index (χ3n) is 5.27. The molecule has 0 spiro atoms. The van der Waals surface area contributed by atoms with Crippen molar-refractivity contribution in [3.63, 3.8) is 0 Å². The number of benzene rings is 2. The van der Waals surface area contributed by atoms with Crippen LogP contribution in [0.2, 0.25) is 0 Å². The molecule has 2 aliphatic rings. The number of ether oxygens (including phenoxy) is 1. The van der Waals surface area contributed by atoms with Crippen molar-refractivity contribution in [3.8, 4) is 5.75 Å². The summed E-state index contributed by atoms with van der Waals surface area (Å²) in [4.78, 5) is 5.02. The second-order valence-corrected chi connectivity index (χ2v) is 6.92. The Morgan fingerprint density at radius 1 is 0.880 bits per heavy atom. The van der Waals surface area contributed by atoms with Crippen LogP contribution in [-0.2, 0) is 6.42 Å². The Kier molecular flexibility index (Phi) is 4.69. The van der Waals surface area contributed by atoms with E-state index in [1.54, 1.807) is 7.11 Å². The molecule has 25 heavy (non-hydrogen) atoms. The van der Waals surface area contributed by atoms with Gasteiger partial charge in [-0.05, 0) is 85.9 Å². The van der Waals surface area contributed by atoms with E-state index in [1.165, 1.54) is 60.1 Å². The molecule has 2 heteroatoms. The molecular formula is C23H25NO. The van der Waals surface area contributed by atoms with Gasteiger partial charge in [0.15, 0.2) is 0 Å². The van der Waals surface area contributed by atoms with E-state index in [9.17, 15) is 0 Å². The molecule has 0 saturated carbocycles. The van der Waals surface area contributed by atoms with E-state index < -0.39 is 0 Å². The van der Waals surface area contributed by atoms with Crippen molar-refractivity contribution in [1.29, 1.82) is 0 Å². The lowest BCUT2D eigenvalue weighted by Crippen LogP contribution is -2.15. The highest BCUT2D eigenvalue weighted by Crippen LogP contribution is 2.35. The van der Waals surface area contributed by atoms with E-state index in [2.05, 4.69) is 24.3 Å². The molecule has 0 radical (unpaired) electrons. The minimum Gasteiger partial charge on any atom is -0.497 e. The van der Waals surface area contributed by atoms with E-state index in [1.807, 2.05) is 24.3 Å². The van der Waals surface area contributed by atoms with Crippen LogP contribution in [0.1, 0.15) is 55.2 Å². The monoisotopic (exact) mass is 331 g/mol. The second kappa shape index (κ2) is 7.26. The summed E-state index contributed by atoms with van der Waals surface area (Å²) in [5.74, 6) is 0.876. The fraction of sp³-hybridized carbons (Fsp3) is 0.348. The average Bonchev–Trinajstić information content (AvgIpc) is 2.69. The molecule has 0 fully saturated rings. The normalized spacial score (nSPS) is 18.6. The van der Waals surface area contributed by atoms with Crippen molar-refractivity contribution in [3.05, 3.63) is 65.2 Å². The first kappa shape index (κ1) is 16.1. The van der Waals surface area contributed by atoms with Crippen LogP contribution in [0.15, 0.2) is 53.5 Å². The Hall–Kier alpha value is -2.35. The maximum atomic E-state index is 5.26. The van der Waals surface area contributed by atoms with Gasteiger partial charge < -0.3 is 4.74 Å². The van der Waals surface area contributed by atoms with Gasteiger partial charge in [0.1, 0.15) is 5.75 Å². The zero-order valence-corrected chi connectivity index (χ0v) is 14.9. The van der Waals surface area contributed by atoms with Crippen LogP contribution < -0.4 is 4.74 Å². The number of aliphatic imine (C=N–C) groups is 1. The molecule has 128 valence electrons. The fourth-order valence-electron chi connectivity index (χ4n) is 4.00. The van der Waals surface area contributed by atoms with Gasteiger partial charge >= 0.3 is 0 Å². The number of allylic oxidation sites excluding steroid dienone is 2. The lowest BCUT2D eigenvalue weighted by atomic mass is 9.82. The van der Waals surface area contributed by atoms with E-state index in [0.717, 1.165) is 24.3 Å². The van der Waals surface area contributed by atoms with Crippen molar-refractivity contribution in [1.82, 2.24) is 0 Å². The zero-order valence-electron chi connectivity index (χ0n) is 14.9. The summed E-state index contributed by atoms with van der Waals surface area (Å²) in [7, 11) is 1.70. The largest absolute Gasteiger partial charge is 0.497 e. The lowest BCUT2D eigenvalue weighted by Gasteiger charge is -2.24. The number of nitrogens with zero attached hydrogens (tertiary/aromatic N) is 1. The first-order valence-corrected chi connectivity index (χ1v) is 9.38. The highest BCUT2D eigenvalue weighted by atomic mass is 16.5. The molecule has 2 aromatic rings. The number of hydrogen-bond donors (Lipinski definition) is 0. The van der Waals surface area contributed by atoms with Gasteiger partial charge in [0.25, 0.3) is 0 Å². The van der Waals surface area contributed by atoms with Crippen LogP contribution in [0.5, 0.6) is 5.75 Å². The molecule has 2 aromatic carbocycles. The highest BCUT2D eigenvalue weighted by molar-refractivity contribution is 6.07. The number of aryl methyl sites for hydroxylation is 1. The Bertz CT molecular complexity index is 814. The van der Waals surface area contributed by atoms with Crippen LogP contribution in [0.4, 0.5) is 5.69 Å². The molecule has 0 amide bonds. The second-order valence-electron chi connectivity index (χ2n) is 6.92. The number of rotatable bonds is 3. The molecule has 0 N–H and O–H groups in total. The number of fused-ring (bicyclic) bond motifs is 1. The van der Waals surface area contributed by atoms with Gasteiger partial charge in [-0.2, -0.15) is 0 Å². The molecular weight excluding hydrogens is 306 g/mol. The Morgan fingerprint density at radius 3 is 2.52 bits per heavy atom. The summed E-state index contributed by atoms with van der Waals surface area (Å²) in [6, 6.07) is 14.9. The van der Waals surface area contributed by atoms with Crippen LogP contribution in [0, 0.1) is 0 Å². The first-order valence-electron chi connectivity index (χ1n) is 9.38. The maximum Gasteiger partial charge on any atom is 0.119 e. The van der Waals surface area contributed by atoms with Gasteiger partial charge in [-0.15, -0.1) is 0 Å². The van der Waals surface area contributed by atoms with Gasteiger partial charge in [0.05, 0.1) is 12.8 Å². The molecule has 0 aromatic heterocycles. The van der Waals surface area contributed by atoms with Crippen LogP contribution in [0.3, 0.4) is 0 Å². The van der Waals surface area contributed by atoms with Crippen molar-refractivity contribution >= 4 is 17.0 Å². The van der Waals surface area contributed by atoms with Crippen LogP contribution in [-0.4, -0.2) is 12.8 Å². The Balaban J connectivity index is 1.77. The van der Waals surface area contributed by atoms with Gasteiger partial charge in [-0.3, -0.25) is 4.99 Å². The quantitative estimate of drug-likeness (QED) is 0.665. The summed E-state index contributed by atoms with van der Waals surface area (Å²) in [5, 5.41) is 0. The SMILES string of the molecule is COc1ccc(N=C2CCCc3cccc(C4=CCCCC4)c32)cc1. The fourth-order valence-corrected chi connectivity index (χ4v) is 4.00. The number of methoxy groups -OCH3 is 1. The molecule has 2 nitrogen and oxygen atoms in total. The zero-order chi connectivity index (χ0) is 17.1. The van der Waals surface area contributed by atoms with Gasteiger partial charge in [0, 0.05) is 11.3 Å². The van der Waals surface area contributed by atoms with Crippen molar-refractivity contribution < 1.29 is 4.74 Å². The summed E-state index contributed by atoms with van der Waals surface area (Å²) >= 11 is 0. The molecule has 0 heterocycles. The molecule has 0 bridgehead atoms. The van der Waals surface area contributed by atoms with Crippen molar-refractivity contribution in [2.75, 3.05) is 7.11 Å². The van der Waals surface area contributed by atoms with Crippen LogP contribution in [0.25, 0.3) is 5.57 Å². The molecule has 0 unspecified atom stereocenters. The summed E-state index contributed by atoms with van der Waals surface area (Å²) in [6.07, 6.45) is 10.9. The van der Waals surface area contributed by atoms with Gasteiger partial charge in [-0.1, -0.05) is 24.3 Å². The van der Waals surface area contributed by atoms with E-state index >= 15 is 0 Å². The topological polar surface area (TPSA) is 21.6 Å². The minimum absolute atomic E-state index is 0.876. The maximum absolute atomic E-state index is 5.26. The highest BCUT2D eigenvalue weighted by Gasteiger charge is 2.21. The smallest absolute Gasteiger partial charge is 0.119 e. The first-order chi connectivity index (χ1) is 12.3. The molecule has 0 saturated heterocycles.